The summed E-state index contributed by atoms with van der Waals surface area (Å²) in [6.45, 7) is 0. The van der Waals surface area contributed by atoms with Gasteiger partial charge in [0.05, 0.1) is 0 Å². The normalized spacial score (nSPS) is 13.7. The Labute approximate surface area is 168 Å². The van der Waals surface area contributed by atoms with Gasteiger partial charge in [-0.25, -0.2) is 0 Å². The molecule has 0 fully saturated rings. The fourth-order valence-electron chi connectivity index (χ4n) is 2.58. The van der Waals surface area contributed by atoms with E-state index in [4.69, 9.17) is 7.85 Å². The first-order valence-corrected chi connectivity index (χ1v) is 11.1. The van der Waals surface area contributed by atoms with Gasteiger partial charge in [-0.05, 0) is 36.1 Å². The van der Waals surface area contributed by atoms with Crippen LogP contribution in [0, 0.1) is 0 Å². The molecule has 2 aromatic rings. The molecule has 1 N–H and O–H groups in total. The van der Waals surface area contributed by atoms with Crippen LogP contribution in [0.4, 0.5) is 0 Å². The smallest absolute Gasteiger partial charge is 0.303 e. The molecule has 26 heavy (non-hydrogen) atoms. The number of hydrogen-bond donors (Lipinski definition) is 1. The van der Waals surface area contributed by atoms with Crippen LogP contribution >= 0.6 is 23.5 Å². The zero-order valence-electron chi connectivity index (χ0n) is 17.0. The van der Waals surface area contributed by atoms with E-state index in [9.17, 15) is 4.79 Å². The van der Waals surface area contributed by atoms with Crippen molar-refractivity contribution in [1.82, 2.24) is 0 Å². The molecule has 0 heterocycles. The van der Waals surface area contributed by atoms with Crippen molar-refractivity contribution in [3.05, 3.63) is 71.8 Å². The lowest BCUT2D eigenvalue weighted by Gasteiger charge is -2.16. The fourth-order valence-corrected chi connectivity index (χ4v) is 4.77. The van der Waals surface area contributed by atoms with Crippen molar-refractivity contribution in [3.63, 3.8) is 0 Å². The highest BCUT2D eigenvalue weighted by molar-refractivity contribution is 7.99. The van der Waals surface area contributed by atoms with E-state index in [2.05, 4.69) is 12.1 Å². The highest BCUT2D eigenvalue weighted by atomic mass is 32.2. The number of thioether (sulfide) groups is 2. The molecule has 0 bridgehead atoms. The van der Waals surface area contributed by atoms with Crippen molar-refractivity contribution in [2.45, 2.75) is 48.8 Å². The second-order valence-electron chi connectivity index (χ2n) is 6.16. The monoisotopic (exact) mass is 390 g/mol. The Balaban J connectivity index is 1.84. The lowest BCUT2D eigenvalue weighted by molar-refractivity contribution is -0.137. The van der Waals surface area contributed by atoms with Crippen LogP contribution < -0.4 is 0 Å². The second kappa shape index (κ2) is 12.9. The maximum atomic E-state index is 10.7. The van der Waals surface area contributed by atoms with E-state index in [1.807, 2.05) is 60.3 Å². The van der Waals surface area contributed by atoms with Crippen LogP contribution in [-0.2, 0) is 16.3 Å². The highest BCUT2D eigenvalue weighted by Gasteiger charge is 2.10. The topological polar surface area (TPSA) is 37.3 Å². The van der Waals surface area contributed by atoms with Gasteiger partial charge in [0.15, 0.2) is 0 Å². The Bertz CT molecular complexity index is 696. The van der Waals surface area contributed by atoms with E-state index in [0.717, 1.165) is 30.8 Å². The van der Waals surface area contributed by atoms with Crippen molar-refractivity contribution in [1.29, 1.82) is 0 Å². The van der Waals surface area contributed by atoms with E-state index < -0.39 is 11.7 Å². The molecule has 4 heteroatoms. The minimum absolute atomic E-state index is 0.224. The number of carboxylic acid groups (broad SMARTS) is 1. The maximum Gasteiger partial charge on any atom is 0.303 e. The molecular formula is C22H28O2S2. The van der Waals surface area contributed by atoms with Gasteiger partial charge in [-0.2, -0.15) is 23.5 Å². The molecule has 0 radical (unpaired) electrons. The zero-order chi connectivity index (χ0) is 20.2. The summed E-state index contributed by atoms with van der Waals surface area (Å²) in [5, 5.41) is 9.23. The van der Waals surface area contributed by atoms with Crippen LogP contribution in [0.15, 0.2) is 60.7 Å². The van der Waals surface area contributed by atoms with Gasteiger partial charge in [-0.15, -0.1) is 0 Å². The van der Waals surface area contributed by atoms with E-state index in [1.54, 1.807) is 0 Å². The predicted octanol–water partition coefficient (Wildman–Crippen LogP) is 6.26. The fraction of sp³-hybridized carbons (Fsp3) is 0.409. The molecule has 1 atom stereocenters. The molecule has 140 valence electrons. The standard InChI is InChI=1S/C22H28O2S2/c23-22(24)14-8-7-13-21(26-18-20-11-5-2-6-12-20)15-16-25-17-19-9-3-1-4-10-19/h1-6,9-12,21H,7-8,13-18H2,(H,23,24)/i17D2. The minimum atomic E-state index is -1.39. The molecule has 0 spiro atoms. The lowest BCUT2D eigenvalue weighted by atomic mass is 10.1. The minimum Gasteiger partial charge on any atom is -0.481 e. The number of rotatable bonds is 13. The molecule has 1 unspecified atom stereocenters. The largest absolute Gasteiger partial charge is 0.481 e. The first-order valence-electron chi connectivity index (χ1n) is 10.0. The van der Waals surface area contributed by atoms with Gasteiger partial charge >= 0.3 is 5.97 Å². The molecule has 0 aliphatic carbocycles. The van der Waals surface area contributed by atoms with E-state index in [1.165, 1.54) is 17.3 Å². The van der Waals surface area contributed by atoms with E-state index in [0.29, 0.717) is 17.2 Å². The van der Waals surface area contributed by atoms with Gasteiger partial charge in [-0.1, -0.05) is 67.1 Å². The summed E-state index contributed by atoms with van der Waals surface area (Å²) in [6.07, 6.45) is 3.72. The predicted molar refractivity (Wildman–Crippen MR) is 115 cm³/mol. The first kappa shape index (κ1) is 18.0. The van der Waals surface area contributed by atoms with Crippen LogP contribution in [-0.4, -0.2) is 22.1 Å². The van der Waals surface area contributed by atoms with Crippen molar-refractivity contribution >= 4 is 29.5 Å². The summed E-state index contributed by atoms with van der Waals surface area (Å²) < 4.78 is 16.6. The number of aliphatic carboxylic acids is 1. The molecular weight excluding hydrogens is 360 g/mol. The number of carboxylic acids is 1. The van der Waals surface area contributed by atoms with Crippen LogP contribution in [0.1, 0.15) is 46.0 Å². The average molecular weight is 391 g/mol. The number of carbonyl (C=O) groups is 1. The van der Waals surface area contributed by atoms with Crippen LogP contribution in [0.3, 0.4) is 0 Å². The SMILES string of the molecule is [2H]C([2H])(SCCC(CCCCC(=O)O)SCc1ccccc1)c1ccccc1. The summed E-state index contributed by atoms with van der Waals surface area (Å²) in [5.74, 6) is 0.939. The Hall–Kier alpha value is -1.39. The molecule has 2 aromatic carbocycles. The summed E-state index contributed by atoms with van der Waals surface area (Å²) in [6, 6.07) is 19.7. The highest BCUT2D eigenvalue weighted by Crippen LogP contribution is 2.27. The molecule has 2 nitrogen and oxygen atoms in total. The molecule has 2 rings (SSSR count). The van der Waals surface area contributed by atoms with E-state index >= 15 is 0 Å². The average Bonchev–Trinajstić information content (AvgIpc) is 2.70. The number of hydrogen-bond acceptors (Lipinski definition) is 3. The number of unbranched alkanes of at least 4 members (excludes halogenated alkanes) is 1. The first-order chi connectivity index (χ1) is 13.5. The Morgan fingerprint density at radius 3 is 2.27 bits per heavy atom. The van der Waals surface area contributed by atoms with Gasteiger partial charge in [-0.3, -0.25) is 4.79 Å². The van der Waals surface area contributed by atoms with Gasteiger partial charge in [0.2, 0.25) is 0 Å². The maximum absolute atomic E-state index is 10.7. The molecule has 0 saturated heterocycles. The van der Waals surface area contributed by atoms with Crippen LogP contribution in [0.25, 0.3) is 0 Å². The zero-order valence-corrected chi connectivity index (χ0v) is 16.6. The third-order valence-corrected chi connectivity index (χ3v) is 6.26. The summed E-state index contributed by atoms with van der Waals surface area (Å²) >= 11 is 3.25. The Morgan fingerprint density at radius 1 is 0.962 bits per heavy atom. The summed E-state index contributed by atoms with van der Waals surface area (Å²) in [4.78, 5) is 10.7. The lowest BCUT2D eigenvalue weighted by Crippen LogP contribution is -2.06. The van der Waals surface area contributed by atoms with Crippen LogP contribution in [0.5, 0.6) is 0 Å². The molecule has 0 saturated carbocycles. The summed E-state index contributed by atoms with van der Waals surface area (Å²) in [7, 11) is 0. The van der Waals surface area contributed by atoms with Crippen molar-refractivity contribution in [3.8, 4) is 0 Å². The quantitative estimate of drug-likeness (QED) is 0.410. The molecule has 0 amide bonds. The van der Waals surface area contributed by atoms with Gasteiger partial charge in [0.1, 0.15) is 0 Å². The summed E-state index contributed by atoms with van der Waals surface area (Å²) in [5.41, 5.74) is 0.601. The van der Waals surface area contributed by atoms with Crippen molar-refractivity contribution < 1.29 is 12.6 Å². The third-order valence-electron chi connectivity index (χ3n) is 4.00. The van der Waals surface area contributed by atoms with Crippen molar-refractivity contribution in [2.75, 3.05) is 5.75 Å². The Morgan fingerprint density at radius 2 is 1.62 bits per heavy atom. The number of benzene rings is 2. The third kappa shape index (κ3) is 9.35. The molecule has 0 aliphatic heterocycles. The second-order valence-corrected chi connectivity index (χ2v) is 8.35. The van der Waals surface area contributed by atoms with E-state index in [-0.39, 0.29) is 6.42 Å². The van der Waals surface area contributed by atoms with Gasteiger partial charge in [0.25, 0.3) is 0 Å². The van der Waals surface area contributed by atoms with Crippen molar-refractivity contribution in [2.24, 2.45) is 0 Å². The van der Waals surface area contributed by atoms with Gasteiger partial charge in [0, 0.05) is 25.9 Å². The molecule has 0 aliphatic rings. The molecule has 0 aromatic heterocycles. The van der Waals surface area contributed by atoms with Crippen LogP contribution in [0.2, 0.25) is 0 Å². The Kier molecular flexibility index (Phi) is 8.92. The van der Waals surface area contributed by atoms with Gasteiger partial charge < -0.3 is 5.11 Å².